The molecule has 0 nitrogen and oxygen atoms in total. The van der Waals surface area contributed by atoms with Crippen LogP contribution < -0.4 is 0 Å². The molecule has 0 saturated carbocycles. The van der Waals surface area contributed by atoms with Gasteiger partial charge in [0.05, 0.1) is 0 Å². The van der Waals surface area contributed by atoms with Crippen molar-refractivity contribution in [3.63, 3.8) is 0 Å². The van der Waals surface area contributed by atoms with Crippen molar-refractivity contribution in [1.82, 2.24) is 0 Å². The van der Waals surface area contributed by atoms with Crippen LogP contribution in [0.1, 0.15) is 6.92 Å². The van der Waals surface area contributed by atoms with Gasteiger partial charge in [-0.25, -0.2) is 0 Å². The van der Waals surface area contributed by atoms with Crippen molar-refractivity contribution in [2.45, 2.75) is 6.92 Å². The van der Waals surface area contributed by atoms with Crippen LogP contribution in [0, 0.1) is 0 Å². The van der Waals surface area contributed by atoms with Gasteiger partial charge in [0.15, 0.2) is 0 Å². The van der Waals surface area contributed by atoms with Crippen LogP contribution in [0.15, 0.2) is 46.9 Å². The quantitative estimate of drug-likeness (QED) is 0.573. The Bertz CT molecular complexity index is 242. The summed E-state index contributed by atoms with van der Waals surface area (Å²) in [7, 11) is 0. The Kier molecular flexibility index (Phi) is 3.24. The molecule has 1 aliphatic rings. The molecule has 1 rings (SSSR count). The molecular formula is C10H12S. The second kappa shape index (κ2) is 4.24. The van der Waals surface area contributed by atoms with E-state index in [1.165, 1.54) is 10.5 Å². The molecule has 1 aliphatic carbocycles. The summed E-state index contributed by atoms with van der Waals surface area (Å²) in [4.78, 5) is 1.34. The first-order valence-electron chi connectivity index (χ1n) is 3.61. The van der Waals surface area contributed by atoms with Crippen LogP contribution in [-0.4, -0.2) is 6.26 Å². The molecule has 0 radical (unpaired) electrons. The van der Waals surface area contributed by atoms with Gasteiger partial charge in [0, 0.05) is 4.91 Å². The molecule has 0 amide bonds. The van der Waals surface area contributed by atoms with Gasteiger partial charge >= 0.3 is 0 Å². The minimum atomic E-state index is 1.33. The van der Waals surface area contributed by atoms with E-state index in [-0.39, 0.29) is 0 Å². The highest BCUT2D eigenvalue weighted by Crippen LogP contribution is 2.19. The summed E-state index contributed by atoms with van der Waals surface area (Å²) in [6.07, 6.45) is 14.6. The number of thioether (sulfide) groups is 1. The second-order valence-corrected chi connectivity index (χ2v) is 3.20. The van der Waals surface area contributed by atoms with E-state index in [0.29, 0.717) is 0 Å². The Morgan fingerprint density at radius 1 is 1.00 bits per heavy atom. The minimum Gasteiger partial charge on any atom is -0.129 e. The van der Waals surface area contributed by atoms with Crippen LogP contribution >= 0.6 is 11.8 Å². The van der Waals surface area contributed by atoms with Gasteiger partial charge in [0.2, 0.25) is 0 Å². The third kappa shape index (κ3) is 2.43. The Morgan fingerprint density at radius 2 is 1.64 bits per heavy atom. The normalized spacial score (nSPS) is 16.9. The van der Waals surface area contributed by atoms with Crippen LogP contribution in [0.2, 0.25) is 0 Å². The Balaban J connectivity index is 2.92. The summed E-state index contributed by atoms with van der Waals surface area (Å²) in [5, 5.41) is 0. The lowest BCUT2D eigenvalue weighted by atomic mass is 10.2. The summed E-state index contributed by atoms with van der Waals surface area (Å²) in [5.74, 6) is 0. The van der Waals surface area contributed by atoms with E-state index < -0.39 is 0 Å². The zero-order valence-corrected chi connectivity index (χ0v) is 7.69. The van der Waals surface area contributed by atoms with Crippen molar-refractivity contribution in [2.24, 2.45) is 0 Å². The summed E-state index contributed by atoms with van der Waals surface area (Å²) in [6.45, 7) is 2.13. The van der Waals surface area contributed by atoms with Gasteiger partial charge in [-0.1, -0.05) is 30.4 Å². The number of hydrogen-bond acceptors (Lipinski definition) is 1. The summed E-state index contributed by atoms with van der Waals surface area (Å²) >= 11 is 1.78. The molecule has 0 atom stereocenters. The van der Waals surface area contributed by atoms with Crippen molar-refractivity contribution in [3.05, 3.63) is 46.9 Å². The van der Waals surface area contributed by atoms with Crippen molar-refractivity contribution in [3.8, 4) is 0 Å². The predicted octanol–water partition coefficient (Wildman–Crippen LogP) is 3.31. The van der Waals surface area contributed by atoms with E-state index in [2.05, 4.69) is 37.5 Å². The molecule has 11 heavy (non-hydrogen) atoms. The Hall–Kier alpha value is -0.690. The lowest BCUT2D eigenvalue weighted by molar-refractivity contribution is 1.50. The highest BCUT2D eigenvalue weighted by Gasteiger charge is 1.93. The summed E-state index contributed by atoms with van der Waals surface area (Å²) in [6, 6.07) is 0. The fourth-order valence-electron chi connectivity index (χ4n) is 0.914. The zero-order chi connectivity index (χ0) is 8.10. The number of hydrogen-bond donors (Lipinski definition) is 0. The standard InChI is InChI=1S/C10H12S/c1-9-7-5-3-4-6-8-10(9)11-2/h3-8H,1-2H3. The van der Waals surface area contributed by atoms with Crippen molar-refractivity contribution >= 4 is 11.8 Å². The van der Waals surface area contributed by atoms with E-state index >= 15 is 0 Å². The van der Waals surface area contributed by atoms with E-state index in [1.54, 1.807) is 11.8 Å². The topological polar surface area (TPSA) is 0 Å². The highest BCUT2D eigenvalue weighted by atomic mass is 32.2. The van der Waals surface area contributed by atoms with Crippen LogP contribution in [0.25, 0.3) is 0 Å². The van der Waals surface area contributed by atoms with Gasteiger partial charge in [0.25, 0.3) is 0 Å². The van der Waals surface area contributed by atoms with Gasteiger partial charge in [-0.3, -0.25) is 0 Å². The van der Waals surface area contributed by atoms with Crippen molar-refractivity contribution in [1.29, 1.82) is 0 Å². The number of allylic oxidation sites excluding steroid dienone is 7. The average Bonchev–Trinajstić information content (AvgIpc) is 1.98. The molecule has 0 aliphatic heterocycles. The summed E-state index contributed by atoms with van der Waals surface area (Å²) < 4.78 is 0. The molecule has 0 heterocycles. The average molecular weight is 164 g/mol. The van der Waals surface area contributed by atoms with Crippen LogP contribution in [-0.2, 0) is 0 Å². The molecule has 0 spiro atoms. The third-order valence-electron chi connectivity index (χ3n) is 1.54. The molecule has 0 bridgehead atoms. The van der Waals surface area contributed by atoms with Crippen LogP contribution in [0.4, 0.5) is 0 Å². The molecule has 1 heteroatoms. The maximum Gasteiger partial charge on any atom is 0.00983 e. The van der Waals surface area contributed by atoms with Crippen molar-refractivity contribution < 1.29 is 0 Å². The molecule has 0 unspecified atom stereocenters. The molecule has 0 saturated heterocycles. The van der Waals surface area contributed by atoms with Crippen LogP contribution in [0.5, 0.6) is 0 Å². The van der Waals surface area contributed by atoms with Gasteiger partial charge < -0.3 is 0 Å². The SMILES string of the molecule is CSC1=C(C)C=CC=CC=C1. The monoisotopic (exact) mass is 164 g/mol. The fraction of sp³-hybridized carbons (Fsp3) is 0.200. The molecule has 0 aromatic rings. The molecule has 0 aromatic heterocycles. The molecule has 0 N–H and O–H groups in total. The lowest BCUT2D eigenvalue weighted by Crippen LogP contribution is -1.77. The molecular weight excluding hydrogens is 152 g/mol. The predicted molar refractivity (Wildman–Crippen MR) is 53.6 cm³/mol. The first-order valence-corrected chi connectivity index (χ1v) is 4.83. The molecule has 0 aromatic carbocycles. The maximum absolute atomic E-state index is 2.14. The van der Waals surface area contributed by atoms with Gasteiger partial charge in [-0.05, 0) is 24.8 Å². The van der Waals surface area contributed by atoms with Crippen LogP contribution in [0.3, 0.4) is 0 Å². The van der Waals surface area contributed by atoms with E-state index in [9.17, 15) is 0 Å². The Labute approximate surface area is 72.4 Å². The largest absolute Gasteiger partial charge is 0.129 e. The van der Waals surface area contributed by atoms with E-state index in [4.69, 9.17) is 0 Å². The first-order chi connectivity index (χ1) is 5.34. The van der Waals surface area contributed by atoms with E-state index in [1.807, 2.05) is 12.2 Å². The third-order valence-corrected chi connectivity index (χ3v) is 2.43. The van der Waals surface area contributed by atoms with Gasteiger partial charge in [-0.2, -0.15) is 0 Å². The zero-order valence-electron chi connectivity index (χ0n) is 6.87. The highest BCUT2D eigenvalue weighted by molar-refractivity contribution is 8.02. The molecule has 0 fully saturated rings. The first kappa shape index (κ1) is 8.41. The summed E-state index contributed by atoms with van der Waals surface area (Å²) in [5.41, 5.74) is 1.33. The Morgan fingerprint density at radius 3 is 2.27 bits per heavy atom. The van der Waals surface area contributed by atoms with Gasteiger partial charge in [-0.15, -0.1) is 11.8 Å². The fourth-order valence-corrected chi connectivity index (χ4v) is 1.52. The smallest absolute Gasteiger partial charge is 0.00983 e. The lowest BCUT2D eigenvalue weighted by Gasteiger charge is -2.00. The van der Waals surface area contributed by atoms with Crippen molar-refractivity contribution in [2.75, 3.05) is 6.26 Å². The number of rotatable bonds is 1. The maximum atomic E-state index is 2.14. The van der Waals surface area contributed by atoms with Gasteiger partial charge in [0.1, 0.15) is 0 Å². The second-order valence-electron chi connectivity index (χ2n) is 2.35. The minimum absolute atomic E-state index is 1.33. The van der Waals surface area contributed by atoms with E-state index in [0.717, 1.165) is 0 Å². The molecule has 58 valence electrons.